The molecular formula is C19H20N4O3. The van der Waals surface area contributed by atoms with Crippen molar-refractivity contribution in [1.29, 1.82) is 5.26 Å². The van der Waals surface area contributed by atoms with Gasteiger partial charge in [-0.05, 0) is 31.5 Å². The van der Waals surface area contributed by atoms with E-state index in [1.54, 1.807) is 25.3 Å². The Labute approximate surface area is 151 Å². The third-order valence-corrected chi connectivity index (χ3v) is 5.12. The molecule has 1 N–H and O–H groups in total. The van der Waals surface area contributed by atoms with Gasteiger partial charge >= 0.3 is 0 Å². The fourth-order valence-corrected chi connectivity index (χ4v) is 3.80. The number of hydrogen-bond donors (Lipinski definition) is 1. The maximum atomic E-state index is 12.7. The molecule has 0 radical (unpaired) electrons. The molecule has 0 aliphatic carbocycles. The quantitative estimate of drug-likeness (QED) is 0.912. The molecule has 26 heavy (non-hydrogen) atoms. The molecule has 4 heterocycles. The molecule has 2 aliphatic rings. The van der Waals surface area contributed by atoms with Crippen LogP contribution in [0, 0.1) is 18.3 Å². The van der Waals surface area contributed by atoms with Crippen LogP contribution in [0.2, 0.25) is 0 Å². The second-order valence-corrected chi connectivity index (χ2v) is 6.93. The summed E-state index contributed by atoms with van der Waals surface area (Å²) in [6.07, 6.45) is 3.17. The molecule has 0 bridgehead atoms. The number of carbonyl (C=O) groups is 1. The monoisotopic (exact) mass is 352 g/mol. The SMILES string of the molecule is Cc1occc1C(=O)N1CCC2(CC(Nc3cccc(C#N)n3)CO2)C1. The number of aromatic nitrogens is 1. The average molecular weight is 352 g/mol. The molecular weight excluding hydrogens is 332 g/mol. The Morgan fingerprint density at radius 1 is 1.46 bits per heavy atom. The summed E-state index contributed by atoms with van der Waals surface area (Å²) in [7, 11) is 0. The van der Waals surface area contributed by atoms with Gasteiger partial charge in [-0.15, -0.1) is 0 Å². The van der Waals surface area contributed by atoms with E-state index in [4.69, 9.17) is 14.4 Å². The molecule has 134 valence electrons. The third kappa shape index (κ3) is 3.04. The number of anilines is 1. The minimum Gasteiger partial charge on any atom is -0.469 e. The highest BCUT2D eigenvalue weighted by Crippen LogP contribution is 2.36. The van der Waals surface area contributed by atoms with Crippen molar-refractivity contribution in [2.24, 2.45) is 0 Å². The van der Waals surface area contributed by atoms with Crippen molar-refractivity contribution in [1.82, 2.24) is 9.88 Å². The van der Waals surface area contributed by atoms with Gasteiger partial charge in [0.2, 0.25) is 0 Å². The maximum Gasteiger partial charge on any atom is 0.257 e. The zero-order valence-electron chi connectivity index (χ0n) is 14.6. The van der Waals surface area contributed by atoms with Crippen LogP contribution in [0.15, 0.2) is 34.9 Å². The second-order valence-electron chi connectivity index (χ2n) is 6.93. The fourth-order valence-electron chi connectivity index (χ4n) is 3.80. The van der Waals surface area contributed by atoms with Gasteiger partial charge in [-0.2, -0.15) is 5.26 Å². The number of carbonyl (C=O) groups excluding carboxylic acids is 1. The predicted octanol–water partition coefficient (Wildman–Crippen LogP) is 2.34. The van der Waals surface area contributed by atoms with E-state index in [-0.39, 0.29) is 17.6 Å². The minimum atomic E-state index is -0.308. The minimum absolute atomic E-state index is 0.00322. The lowest BCUT2D eigenvalue weighted by Crippen LogP contribution is -2.36. The fraction of sp³-hybridized carbons (Fsp3) is 0.421. The van der Waals surface area contributed by atoms with Gasteiger partial charge < -0.3 is 19.4 Å². The summed E-state index contributed by atoms with van der Waals surface area (Å²) < 4.78 is 11.3. The molecule has 1 amide bonds. The Balaban J connectivity index is 1.40. The van der Waals surface area contributed by atoms with Crippen LogP contribution in [0.1, 0.15) is 34.7 Å². The molecule has 0 aromatic carbocycles. The van der Waals surface area contributed by atoms with E-state index in [9.17, 15) is 4.79 Å². The number of amides is 1. The number of aryl methyl sites for hydroxylation is 1. The molecule has 0 saturated carbocycles. The van der Waals surface area contributed by atoms with Gasteiger partial charge in [-0.1, -0.05) is 6.07 Å². The predicted molar refractivity (Wildman–Crippen MR) is 93.6 cm³/mol. The Morgan fingerprint density at radius 2 is 2.35 bits per heavy atom. The zero-order chi connectivity index (χ0) is 18.1. The van der Waals surface area contributed by atoms with Gasteiger partial charge in [0.05, 0.1) is 36.6 Å². The van der Waals surface area contributed by atoms with E-state index >= 15 is 0 Å². The molecule has 1 spiro atoms. The number of nitrogens with zero attached hydrogens (tertiary/aromatic N) is 3. The molecule has 2 aromatic rings. The van der Waals surface area contributed by atoms with Gasteiger partial charge in [-0.25, -0.2) is 4.98 Å². The van der Waals surface area contributed by atoms with E-state index in [1.807, 2.05) is 23.1 Å². The number of pyridine rings is 1. The highest BCUT2D eigenvalue weighted by molar-refractivity contribution is 5.95. The molecule has 7 heteroatoms. The van der Waals surface area contributed by atoms with E-state index in [2.05, 4.69) is 10.3 Å². The summed E-state index contributed by atoms with van der Waals surface area (Å²) in [6, 6.07) is 9.20. The molecule has 4 rings (SSSR count). The Bertz CT molecular complexity index is 872. The smallest absolute Gasteiger partial charge is 0.257 e. The molecule has 2 fully saturated rings. The van der Waals surface area contributed by atoms with Crippen LogP contribution in [-0.2, 0) is 4.74 Å². The summed E-state index contributed by atoms with van der Waals surface area (Å²) in [4.78, 5) is 18.8. The maximum absolute atomic E-state index is 12.7. The normalized spacial score (nSPS) is 24.8. The number of rotatable bonds is 3. The largest absolute Gasteiger partial charge is 0.469 e. The molecule has 2 atom stereocenters. The highest BCUT2D eigenvalue weighted by atomic mass is 16.5. The zero-order valence-corrected chi connectivity index (χ0v) is 14.6. The number of furan rings is 1. The first-order valence-electron chi connectivity index (χ1n) is 8.70. The van der Waals surface area contributed by atoms with Crippen LogP contribution >= 0.6 is 0 Å². The van der Waals surface area contributed by atoms with Crippen molar-refractivity contribution in [3.63, 3.8) is 0 Å². The first kappa shape index (κ1) is 16.6. The van der Waals surface area contributed by atoms with Gasteiger partial charge in [0.15, 0.2) is 0 Å². The van der Waals surface area contributed by atoms with Crippen LogP contribution < -0.4 is 5.32 Å². The number of hydrogen-bond acceptors (Lipinski definition) is 6. The highest BCUT2D eigenvalue weighted by Gasteiger charge is 2.47. The van der Waals surface area contributed by atoms with Crippen LogP contribution in [0.4, 0.5) is 5.82 Å². The van der Waals surface area contributed by atoms with Crippen molar-refractivity contribution in [3.05, 3.63) is 47.5 Å². The molecule has 2 aromatic heterocycles. The van der Waals surface area contributed by atoms with Crippen LogP contribution in [0.5, 0.6) is 0 Å². The van der Waals surface area contributed by atoms with Crippen molar-refractivity contribution < 1.29 is 13.9 Å². The van der Waals surface area contributed by atoms with E-state index in [0.29, 0.717) is 42.5 Å². The summed E-state index contributed by atoms with van der Waals surface area (Å²) in [5.74, 6) is 1.32. The van der Waals surface area contributed by atoms with Crippen LogP contribution in [0.25, 0.3) is 0 Å². The van der Waals surface area contributed by atoms with Crippen LogP contribution in [0.3, 0.4) is 0 Å². The number of nitrogens with one attached hydrogen (secondary N) is 1. The van der Waals surface area contributed by atoms with E-state index in [0.717, 1.165) is 12.8 Å². The van der Waals surface area contributed by atoms with Crippen molar-refractivity contribution in [2.45, 2.75) is 31.4 Å². The third-order valence-electron chi connectivity index (χ3n) is 5.12. The standard InChI is InChI=1S/C19H20N4O3/c1-13-16(5-8-25-13)18(24)23-7-6-19(12-23)9-15(11-26-19)22-17-4-2-3-14(10-20)21-17/h2-5,8,15H,6-7,9,11-12H2,1H3,(H,21,22). The lowest BCUT2D eigenvalue weighted by molar-refractivity contribution is 0.0124. The van der Waals surface area contributed by atoms with E-state index in [1.165, 1.54) is 0 Å². The first-order chi connectivity index (χ1) is 12.6. The Kier molecular flexibility index (Phi) is 4.13. The lowest BCUT2D eigenvalue weighted by Gasteiger charge is -2.23. The van der Waals surface area contributed by atoms with Gasteiger partial charge in [0.1, 0.15) is 23.3 Å². The summed E-state index contributed by atoms with van der Waals surface area (Å²) in [5.41, 5.74) is 0.696. The summed E-state index contributed by atoms with van der Waals surface area (Å²) in [5, 5.41) is 12.3. The summed E-state index contributed by atoms with van der Waals surface area (Å²) >= 11 is 0. The summed E-state index contributed by atoms with van der Waals surface area (Å²) in [6.45, 7) is 3.62. The van der Waals surface area contributed by atoms with E-state index < -0.39 is 0 Å². The number of likely N-dealkylation sites (tertiary alicyclic amines) is 1. The Hall–Kier alpha value is -2.85. The Morgan fingerprint density at radius 3 is 3.12 bits per heavy atom. The van der Waals surface area contributed by atoms with Crippen LogP contribution in [-0.4, -0.2) is 47.1 Å². The van der Waals surface area contributed by atoms with Gasteiger partial charge in [0, 0.05) is 13.0 Å². The van der Waals surface area contributed by atoms with Crippen molar-refractivity contribution >= 4 is 11.7 Å². The molecule has 2 unspecified atom stereocenters. The van der Waals surface area contributed by atoms with Crippen molar-refractivity contribution in [2.75, 3.05) is 25.0 Å². The topological polar surface area (TPSA) is 91.4 Å². The first-order valence-corrected chi connectivity index (χ1v) is 8.70. The lowest BCUT2D eigenvalue weighted by atomic mass is 9.97. The average Bonchev–Trinajstić information content (AvgIpc) is 3.36. The van der Waals surface area contributed by atoms with Crippen molar-refractivity contribution in [3.8, 4) is 6.07 Å². The molecule has 2 aliphatic heterocycles. The number of nitriles is 1. The number of ether oxygens (including phenoxy) is 1. The second kappa shape index (κ2) is 6.46. The molecule has 7 nitrogen and oxygen atoms in total. The molecule has 2 saturated heterocycles. The van der Waals surface area contributed by atoms with Gasteiger partial charge in [-0.3, -0.25) is 4.79 Å². The van der Waals surface area contributed by atoms with Gasteiger partial charge in [0.25, 0.3) is 5.91 Å².